The van der Waals surface area contributed by atoms with E-state index in [1.807, 2.05) is 0 Å². The third-order valence-corrected chi connectivity index (χ3v) is 2.49. The summed E-state index contributed by atoms with van der Waals surface area (Å²) in [5.41, 5.74) is 0.0781. The Bertz CT molecular complexity index is 793. The molecule has 1 aromatic carbocycles. The molecule has 0 saturated carbocycles. The molecule has 5 nitrogen and oxygen atoms in total. The number of carboxylic acids is 1. The van der Waals surface area contributed by atoms with Gasteiger partial charge in [0.1, 0.15) is 11.0 Å². The Morgan fingerprint density at radius 1 is 1.12 bits per heavy atom. The molecule has 1 N–H and O–H groups in total. The second-order valence-electron chi connectivity index (χ2n) is 3.54. The number of carbonyl (C=O) groups is 1. The highest BCUT2D eigenvalue weighted by Gasteiger charge is 2.16. The first-order valence-corrected chi connectivity index (χ1v) is 4.85. The van der Waals surface area contributed by atoms with Crippen LogP contribution in [0.15, 0.2) is 44.0 Å². The van der Waals surface area contributed by atoms with Crippen molar-refractivity contribution in [3.05, 3.63) is 46.3 Å². The number of hydrogen-bond donors (Lipinski definition) is 1. The predicted octanol–water partition coefficient (Wildman–Crippen LogP) is 2.24. The largest absolute Gasteiger partial charge is 0.475 e. The second kappa shape index (κ2) is 3.21. The van der Waals surface area contributed by atoms with Gasteiger partial charge in [-0.15, -0.1) is 0 Å². The van der Waals surface area contributed by atoms with Crippen molar-refractivity contribution in [2.45, 2.75) is 0 Å². The average Bonchev–Trinajstić information content (AvgIpc) is 2.74. The summed E-state index contributed by atoms with van der Waals surface area (Å²) in [5, 5.41) is 9.32. The molecule has 3 rings (SSSR count). The van der Waals surface area contributed by atoms with Crippen molar-refractivity contribution in [1.82, 2.24) is 0 Å². The van der Waals surface area contributed by atoms with Crippen LogP contribution in [0.3, 0.4) is 0 Å². The smallest absolute Gasteiger partial charge is 0.371 e. The maximum Gasteiger partial charge on any atom is 0.371 e. The van der Waals surface area contributed by atoms with Crippen LogP contribution >= 0.6 is 0 Å². The van der Waals surface area contributed by atoms with Gasteiger partial charge in [0.25, 0.3) is 0 Å². The Morgan fingerprint density at radius 3 is 2.65 bits per heavy atom. The molecule has 2 heterocycles. The molecule has 0 fully saturated rings. The van der Waals surface area contributed by atoms with Gasteiger partial charge in [-0.25, -0.2) is 4.79 Å². The number of fused-ring (bicyclic) bond motifs is 2. The molecular weight excluding hydrogens is 224 g/mol. The summed E-state index contributed by atoms with van der Waals surface area (Å²) in [6.07, 6.45) is 0. The van der Waals surface area contributed by atoms with Crippen LogP contribution < -0.4 is 5.43 Å². The zero-order valence-corrected chi connectivity index (χ0v) is 8.47. The third-order valence-electron chi connectivity index (χ3n) is 2.49. The van der Waals surface area contributed by atoms with Gasteiger partial charge < -0.3 is 13.9 Å². The van der Waals surface area contributed by atoms with Crippen LogP contribution in [0.4, 0.5) is 0 Å². The fraction of sp³-hybridized carbons (Fsp3) is 0. The monoisotopic (exact) mass is 230 g/mol. The van der Waals surface area contributed by atoms with Gasteiger partial charge in [-0.1, -0.05) is 12.1 Å². The van der Waals surface area contributed by atoms with E-state index in [1.165, 1.54) is 6.07 Å². The molecule has 17 heavy (non-hydrogen) atoms. The van der Waals surface area contributed by atoms with E-state index in [0.717, 1.165) is 0 Å². The van der Waals surface area contributed by atoms with Crippen LogP contribution in [0.5, 0.6) is 0 Å². The maximum atomic E-state index is 12.0. The summed E-state index contributed by atoms with van der Waals surface area (Å²) in [6.45, 7) is 0. The molecule has 2 aromatic heterocycles. The van der Waals surface area contributed by atoms with Crippen LogP contribution in [0.25, 0.3) is 22.1 Å². The van der Waals surface area contributed by atoms with Crippen LogP contribution in [-0.4, -0.2) is 11.1 Å². The molecule has 0 atom stereocenters. The summed E-state index contributed by atoms with van der Waals surface area (Å²) in [4.78, 5) is 22.7. The first kappa shape index (κ1) is 9.65. The number of furan rings is 1. The number of hydrogen-bond acceptors (Lipinski definition) is 4. The standard InChI is InChI=1S/C12H6O5/c13-10-6-3-1-2-4-8(6)16-12-7(10)5-9(17-12)11(14)15/h1-5H,(H,14,15). The van der Waals surface area contributed by atoms with E-state index in [-0.39, 0.29) is 22.4 Å². The Morgan fingerprint density at radius 2 is 1.88 bits per heavy atom. The van der Waals surface area contributed by atoms with E-state index < -0.39 is 5.97 Å². The van der Waals surface area contributed by atoms with Gasteiger partial charge in [0, 0.05) is 6.07 Å². The molecule has 0 aliphatic heterocycles. The fourth-order valence-corrected chi connectivity index (χ4v) is 1.70. The lowest BCUT2D eigenvalue weighted by atomic mass is 10.2. The fourth-order valence-electron chi connectivity index (χ4n) is 1.70. The van der Waals surface area contributed by atoms with Crippen LogP contribution in [-0.2, 0) is 0 Å². The van der Waals surface area contributed by atoms with Crippen LogP contribution in [0.1, 0.15) is 10.6 Å². The topological polar surface area (TPSA) is 80.6 Å². The molecule has 84 valence electrons. The number of aromatic carboxylic acids is 1. The number of rotatable bonds is 1. The van der Waals surface area contributed by atoms with Crippen molar-refractivity contribution in [3.63, 3.8) is 0 Å². The van der Waals surface area contributed by atoms with E-state index in [4.69, 9.17) is 13.9 Å². The molecule has 0 bridgehead atoms. The molecule has 0 saturated heterocycles. The minimum absolute atomic E-state index is 0.0638. The Labute approximate surface area is 93.9 Å². The minimum Gasteiger partial charge on any atom is -0.475 e. The van der Waals surface area contributed by atoms with Gasteiger partial charge in [0.05, 0.1) is 5.39 Å². The zero-order valence-electron chi connectivity index (χ0n) is 8.47. The lowest BCUT2D eigenvalue weighted by Gasteiger charge is -1.94. The van der Waals surface area contributed by atoms with Gasteiger partial charge in [-0.2, -0.15) is 0 Å². The van der Waals surface area contributed by atoms with Crippen molar-refractivity contribution in [3.8, 4) is 0 Å². The average molecular weight is 230 g/mol. The lowest BCUT2D eigenvalue weighted by molar-refractivity contribution is 0.0663. The summed E-state index contributed by atoms with van der Waals surface area (Å²) in [6, 6.07) is 7.85. The highest BCUT2D eigenvalue weighted by molar-refractivity contribution is 5.93. The zero-order chi connectivity index (χ0) is 12.0. The quantitative estimate of drug-likeness (QED) is 0.693. The molecule has 0 amide bonds. The third kappa shape index (κ3) is 1.32. The summed E-state index contributed by atoms with van der Waals surface area (Å²) in [7, 11) is 0. The van der Waals surface area contributed by atoms with Crippen LogP contribution in [0.2, 0.25) is 0 Å². The van der Waals surface area contributed by atoms with Gasteiger partial charge in [0.2, 0.25) is 11.2 Å². The summed E-state index contributed by atoms with van der Waals surface area (Å²) >= 11 is 0. The van der Waals surface area contributed by atoms with Crippen molar-refractivity contribution < 1.29 is 18.7 Å². The summed E-state index contributed by atoms with van der Waals surface area (Å²) in [5.74, 6) is -1.61. The van der Waals surface area contributed by atoms with Gasteiger partial charge in [-0.3, -0.25) is 4.79 Å². The number of carboxylic acid groups (broad SMARTS) is 1. The predicted molar refractivity (Wildman–Crippen MR) is 59.2 cm³/mol. The normalized spacial score (nSPS) is 11.1. The van der Waals surface area contributed by atoms with E-state index >= 15 is 0 Å². The van der Waals surface area contributed by atoms with Crippen molar-refractivity contribution in [2.75, 3.05) is 0 Å². The highest BCUT2D eigenvalue weighted by Crippen LogP contribution is 2.21. The molecule has 5 heteroatoms. The first-order valence-electron chi connectivity index (χ1n) is 4.85. The van der Waals surface area contributed by atoms with Gasteiger partial charge in [-0.05, 0) is 12.1 Å². The Balaban J connectivity index is 2.51. The minimum atomic E-state index is -1.24. The van der Waals surface area contributed by atoms with Crippen molar-refractivity contribution in [2.24, 2.45) is 0 Å². The Hall–Kier alpha value is -2.56. The first-order chi connectivity index (χ1) is 8.16. The molecule has 0 radical (unpaired) electrons. The SMILES string of the molecule is O=C(O)c1cc2c(=O)c3ccccc3oc2o1. The molecular formula is C12H6O5. The van der Waals surface area contributed by atoms with E-state index in [9.17, 15) is 9.59 Å². The van der Waals surface area contributed by atoms with E-state index in [2.05, 4.69) is 0 Å². The second-order valence-corrected chi connectivity index (χ2v) is 3.54. The van der Waals surface area contributed by atoms with Crippen LogP contribution in [0, 0.1) is 0 Å². The van der Waals surface area contributed by atoms with E-state index in [0.29, 0.717) is 11.0 Å². The van der Waals surface area contributed by atoms with Gasteiger partial charge in [0.15, 0.2) is 0 Å². The molecule has 0 aliphatic carbocycles. The molecule has 3 aromatic rings. The van der Waals surface area contributed by atoms with Crippen molar-refractivity contribution >= 4 is 28.1 Å². The summed E-state index contributed by atoms with van der Waals surface area (Å²) < 4.78 is 10.3. The highest BCUT2D eigenvalue weighted by atomic mass is 16.5. The molecule has 0 spiro atoms. The number of benzene rings is 1. The lowest BCUT2D eigenvalue weighted by Crippen LogP contribution is -1.99. The van der Waals surface area contributed by atoms with Gasteiger partial charge >= 0.3 is 11.7 Å². The molecule has 0 aliphatic rings. The van der Waals surface area contributed by atoms with Crippen molar-refractivity contribution in [1.29, 1.82) is 0 Å². The molecule has 0 unspecified atom stereocenters. The number of para-hydroxylation sites is 1. The van der Waals surface area contributed by atoms with E-state index in [1.54, 1.807) is 24.3 Å². The Kier molecular flexibility index (Phi) is 1.82. The maximum absolute atomic E-state index is 12.0.